The molecular weight excluding hydrogens is 457 g/mol. The van der Waals surface area contributed by atoms with E-state index in [0.29, 0.717) is 5.57 Å². The van der Waals surface area contributed by atoms with Crippen molar-refractivity contribution in [3.05, 3.63) is 94.1 Å². The van der Waals surface area contributed by atoms with Crippen molar-refractivity contribution in [3.63, 3.8) is 0 Å². The summed E-state index contributed by atoms with van der Waals surface area (Å²) < 4.78 is 51.3. The highest BCUT2D eigenvalue weighted by Gasteiger charge is 2.31. The third-order valence-corrected chi connectivity index (χ3v) is 5.16. The van der Waals surface area contributed by atoms with Gasteiger partial charge in [-0.05, 0) is 80.6 Å². The van der Waals surface area contributed by atoms with E-state index in [-0.39, 0.29) is 5.75 Å². The standard InChI is InChI=1S/C28H29F3O4/c1-18(13-14-25-20(3)16-26(33-6)22(5)21(25)4)9-7-10-19(2)15-27(32)34-23-11-8-12-24(17-23)35-28(29,30)31/h7-17H,1-6H3. The molecule has 0 amide bonds. The van der Waals surface area contributed by atoms with Crippen LogP contribution >= 0.6 is 0 Å². The smallest absolute Gasteiger partial charge is 0.496 e. The second-order valence-corrected chi connectivity index (χ2v) is 7.99. The number of carbonyl (C=O) groups is 1. The predicted octanol–water partition coefficient (Wildman–Crippen LogP) is 7.59. The van der Waals surface area contributed by atoms with E-state index in [4.69, 9.17) is 9.47 Å². The summed E-state index contributed by atoms with van der Waals surface area (Å²) in [5, 5.41) is 0. The largest absolute Gasteiger partial charge is 0.573 e. The lowest BCUT2D eigenvalue weighted by Crippen LogP contribution is -2.17. The summed E-state index contributed by atoms with van der Waals surface area (Å²) in [6, 6.07) is 6.81. The first-order chi connectivity index (χ1) is 16.4. The van der Waals surface area contributed by atoms with Crippen LogP contribution in [-0.2, 0) is 4.79 Å². The highest BCUT2D eigenvalue weighted by molar-refractivity contribution is 5.85. The molecule has 2 rings (SSSR count). The number of aryl methyl sites for hydroxylation is 1. The Morgan fingerprint density at radius 3 is 2.29 bits per heavy atom. The van der Waals surface area contributed by atoms with E-state index in [0.717, 1.165) is 45.7 Å². The first kappa shape index (κ1) is 27.5. The average molecular weight is 487 g/mol. The van der Waals surface area contributed by atoms with Gasteiger partial charge in [-0.2, -0.15) is 0 Å². The molecule has 0 aromatic heterocycles. The van der Waals surface area contributed by atoms with Gasteiger partial charge < -0.3 is 14.2 Å². The number of rotatable bonds is 8. The van der Waals surface area contributed by atoms with Crippen molar-refractivity contribution in [2.75, 3.05) is 7.11 Å². The fourth-order valence-electron chi connectivity index (χ4n) is 3.27. The zero-order chi connectivity index (χ0) is 26.2. The number of carbonyl (C=O) groups excluding carboxylic acids is 1. The molecule has 0 atom stereocenters. The molecule has 2 aromatic rings. The van der Waals surface area contributed by atoms with Crippen LogP contribution in [0.25, 0.3) is 6.08 Å². The second-order valence-electron chi connectivity index (χ2n) is 7.99. The minimum atomic E-state index is -4.82. The monoisotopic (exact) mass is 486 g/mol. The molecule has 0 aliphatic carbocycles. The van der Waals surface area contributed by atoms with Gasteiger partial charge in [0.05, 0.1) is 7.11 Å². The first-order valence-electron chi connectivity index (χ1n) is 10.8. The van der Waals surface area contributed by atoms with Crippen molar-refractivity contribution in [2.24, 2.45) is 0 Å². The van der Waals surface area contributed by atoms with Crippen molar-refractivity contribution < 1.29 is 32.2 Å². The van der Waals surface area contributed by atoms with Gasteiger partial charge in [0.2, 0.25) is 0 Å². The lowest BCUT2D eigenvalue weighted by atomic mass is 9.96. The highest BCUT2D eigenvalue weighted by Crippen LogP contribution is 2.29. The summed E-state index contributed by atoms with van der Waals surface area (Å²) in [5.41, 5.74) is 6.15. The van der Waals surface area contributed by atoms with Crippen LogP contribution in [0, 0.1) is 20.8 Å². The van der Waals surface area contributed by atoms with Gasteiger partial charge in [0.25, 0.3) is 0 Å². The number of benzene rings is 2. The summed E-state index contributed by atoms with van der Waals surface area (Å²) in [6.07, 6.45) is 5.93. The molecule has 2 aromatic carbocycles. The van der Waals surface area contributed by atoms with Crippen LogP contribution in [0.4, 0.5) is 13.2 Å². The second kappa shape index (κ2) is 12.1. The van der Waals surface area contributed by atoms with Gasteiger partial charge in [-0.15, -0.1) is 13.2 Å². The molecule has 7 heteroatoms. The lowest BCUT2D eigenvalue weighted by Gasteiger charge is -2.13. The minimum absolute atomic E-state index is 0.0509. The molecule has 0 saturated carbocycles. The number of hydrogen-bond acceptors (Lipinski definition) is 4. The molecule has 4 nitrogen and oxygen atoms in total. The summed E-state index contributed by atoms with van der Waals surface area (Å²) in [7, 11) is 1.66. The Bertz CT molecular complexity index is 1190. The fraction of sp³-hybridized carbons (Fsp3) is 0.250. The third-order valence-electron chi connectivity index (χ3n) is 5.16. The maximum absolute atomic E-state index is 12.3. The van der Waals surface area contributed by atoms with Gasteiger partial charge in [0.15, 0.2) is 0 Å². The summed E-state index contributed by atoms with van der Waals surface area (Å²) in [6.45, 7) is 9.82. The summed E-state index contributed by atoms with van der Waals surface area (Å²) in [4.78, 5) is 12.1. The Labute approximate surface area is 204 Å². The summed E-state index contributed by atoms with van der Waals surface area (Å²) >= 11 is 0. The number of halogens is 3. The summed E-state index contributed by atoms with van der Waals surface area (Å²) in [5.74, 6) is -0.356. The van der Waals surface area contributed by atoms with E-state index in [2.05, 4.69) is 17.7 Å². The van der Waals surface area contributed by atoms with E-state index in [1.807, 2.05) is 39.0 Å². The zero-order valence-corrected chi connectivity index (χ0v) is 20.6. The van der Waals surface area contributed by atoms with Crippen LogP contribution in [0.3, 0.4) is 0 Å². The van der Waals surface area contributed by atoms with E-state index < -0.39 is 18.1 Å². The Hall–Kier alpha value is -3.74. The predicted molar refractivity (Wildman–Crippen MR) is 132 cm³/mol. The van der Waals surface area contributed by atoms with Gasteiger partial charge in [0, 0.05) is 12.1 Å². The number of methoxy groups -OCH3 is 1. The van der Waals surface area contributed by atoms with Crippen LogP contribution in [0.1, 0.15) is 36.1 Å². The Balaban J connectivity index is 2.02. The number of alkyl halides is 3. The number of esters is 1. The van der Waals surface area contributed by atoms with Crippen LogP contribution in [0.15, 0.2) is 71.9 Å². The molecule has 0 bridgehead atoms. The van der Waals surface area contributed by atoms with Gasteiger partial charge >= 0.3 is 12.3 Å². The van der Waals surface area contributed by atoms with Crippen molar-refractivity contribution in [2.45, 2.75) is 41.0 Å². The molecule has 0 radical (unpaired) electrons. The minimum Gasteiger partial charge on any atom is -0.496 e. The molecule has 186 valence electrons. The Kier molecular flexibility index (Phi) is 9.51. The number of ether oxygens (including phenoxy) is 3. The molecule has 0 N–H and O–H groups in total. The molecule has 35 heavy (non-hydrogen) atoms. The van der Waals surface area contributed by atoms with Gasteiger partial charge in [-0.1, -0.05) is 42.0 Å². The van der Waals surface area contributed by atoms with Crippen LogP contribution in [-0.4, -0.2) is 19.4 Å². The topological polar surface area (TPSA) is 44.8 Å². The first-order valence-corrected chi connectivity index (χ1v) is 10.8. The molecule has 0 unspecified atom stereocenters. The zero-order valence-electron chi connectivity index (χ0n) is 20.6. The van der Waals surface area contributed by atoms with Crippen molar-refractivity contribution in [1.29, 1.82) is 0 Å². The molecule has 0 spiro atoms. The maximum atomic E-state index is 12.3. The Morgan fingerprint density at radius 2 is 1.63 bits per heavy atom. The average Bonchev–Trinajstić information content (AvgIpc) is 2.75. The van der Waals surface area contributed by atoms with Crippen LogP contribution in [0.5, 0.6) is 17.2 Å². The SMILES string of the molecule is COc1cc(C)c(C=CC(C)=CC=CC(C)=CC(=O)Oc2cccc(OC(F)(F)F)c2)c(C)c1C. The molecule has 0 heterocycles. The van der Waals surface area contributed by atoms with E-state index in [9.17, 15) is 18.0 Å². The van der Waals surface area contributed by atoms with Crippen molar-refractivity contribution in [1.82, 2.24) is 0 Å². The van der Waals surface area contributed by atoms with Crippen molar-refractivity contribution in [3.8, 4) is 17.2 Å². The van der Waals surface area contributed by atoms with E-state index in [1.54, 1.807) is 26.2 Å². The van der Waals surface area contributed by atoms with Crippen molar-refractivity contribution >= 4 is 12.0 Å². The fourth-order valence-corrected chi connectivity index (χ4v) is 3.27. The lowest BCUT2D eigenvalue weighted by molar-refractivity contribution is -0.274. The van der Waals surface area contributed by atoms with Crippen LogP contribution in [0.2, 0.25) is 0 Å². The normalized spacial score (nSPS) is 12.9. The van der Waals surface area contributed by atoms with E-state index in [1.165, 1.54) is 18.2 Å². The molecular formula is C28H29F3O4. The molecule has 0 aliphatic rings. The molecule has 0 saturated heterocycles. The number of hydrogen-bond donors (Lipinski definition) is 0. The van der Waals surface area contributed by atoms with Gasteiger partial charge in [-0.3, -0.25) is 0 Å². The highest BCUT2D eigenvalue weighted by atomic mass is 19.4. The quantitative estimate of drug-likeness (QED) is 0.167. The maximum Gasteiger partial charge on any atom is 0.573 e. The Morgan fingerprint density at radius 1 is 0.943 bits per heavy atom. The van der Waals surface area contributed by atoms with Crippen LogP contribution < -0.4 is 14.2 Å². The van der Waals surface area contributed by atoms with Gasteiger partial charge in [-0.25, -0.2) is 4.79 Å². The molecule has 0 fully saturated rings. The molecule has 0 aliphatic heterocycles. The third kappa shape index (κ3) is 8.85. The van der Waals surface area contributed by atoms with E-state index >= 15 is 0 Å². The van der Waals surface area contributed by atoms with Gasteiger partial charge in [0.1, 0.15) is 17.2 Å². The number of allylic oxidation sites excluding steroid dienone is 6.